The van der Waals surface area contributed by atoms with Crippen LogP contribution in [0.2, 0.25) is 0 Å². The SMILES string of the molecule is C=C(F)C(=O)N1CC2(CCN(c3nc(OC4CCC5(CC4)CN(CCOC)C5)nc4c(OCC(F)(F)F)c(-c5c(C)ccc6[nH]ncc56)c(C5CC5)cc34)CC2)C1. The third-order valence-corrected chi connectivity index (χ3v) is 13.1. The normalized spacial score (nSPS) is 20.9. The molecule has 1 amide bonds. The number of piperidine rings is 1. The van der Waals surface area contributed by atoms with Crippen molar-refractivity contribution in [2.75, 3.05) is 71.0 Å². The maximum Gasteiger partial charge on any atom is 0.422 e. The van der Waals surface area contributed by atoms with Gasteiger partial charge in [0.2, 0.25) is 0 Å². The van der Waals surface area contributed by atoms with Gasteiger partial charge in [-0.15, -0.1) is 0 Å². The van der Waals surface area contributed by atoms with Crippen molar-refractivity contribution in [2.45, 2.75) is 76.5 Å². The van der Waals surface area contributed by atoms with Crippen LogP contribution >= 0.6 is 0 Å². The molecule has 15 heteroatoms. The summed E-state index contributed by atoms with van der Waals surface area (Å²) in [6.07, 6.45) is 3.89. The molecule has 2 aromatic carbocycles. The molecule has 2 saturated carbocycles. The van der Waals surface area contributed by atoms with Crippen molar-refractivity contribution < 1.29 is 36.6 Å². The molecule has 3 saturated heterocycles. The van der Waals surface area contributed by atoms with E-state index in [1.807, 2.05) is 19.1 Å². The molecule has 5 aliphatic rings. The average Bonchev–Trinajstić information content (AvgIpc) is 3.90. The summed E-state index contributed by atoms with van der Waals surface area (Å²) in [6, 6.07) is 6.06. The Morgan fingerprint density at radius 1 is 0.982 bits per heavy atom. The zero-order chi connectivity index (χ0) is 39.7. The number of benzene rings is 2. The second-order valence-corrected chi connectivity index (χ2v) is 17.2. The van der Waals surface area contributed by atoms with Crippen LogP contribution in [-0.4, -0.2) is 114 Å². The van der Waals surface area contributed by atoms with E-state index in [4.69, 9.17) is 24.2 Å². The highest BCUT2D eigenvalue weighted by Gasteiger charge is 2.48. The topological polar surface area (TPSA) is 109 Å². The van der Waals surface area contributed by atoms with E-state index in [0.717, 1.165) is 98.6 Å². The lowest BCUT2D eigenvalue weighted by molar-refractivity contribution is -0.153. The first kappa shape index (κ1) is 38.0. The fourth-order valence-electron chi connectivity index (χ4n) is 9.90. The van der Waals surface area contributed by atoms with Gasteiger partial charge in [0.1, 0.15) is 17.4 Å². The Balaban J connectivity index is 1.11. The second-order valence-electron chi connectivity index (χ2n) is 17.2. The number of H-pyrrole nitrogens is 1. The Labute approximate surface area is 328 Å². The van der Waals surface area contributed by atoms with Crippen molar-refractivity contribution in [2.24, 2.45) is 10.8 Å². The number of methoxy groups -OCH3 is 1. The molecule has 5 heterocycles. The Bertz CT molecular complexity index is 2190. The van der Waals surface area contributed by atoms with E-state index >= 15 is 0 Å². The van der Waals surface area contributed by atoms with Gasteiger partial charge in [-0.25, -0.2) is 4.39 Å². The summed E-state index contributed by atoms with van der Waals surface area (Å²) < 4.78 is 73.9. The van der Waals surface area contributed by atoms with E-state index in [1.165, 1.54) is 4.90 Å². The smallest absolute Gasteiger partial charge is 0.422 e. The molecule has 5 fully saturated rings. The molecule has 2 spiro atoms. The van der Waals surface area contributed by atoms with Crippen molar-refractivity contribution >= 4 is 33.5 Å². The number of halogens is 4. The highest BCUT2D eigenvalue weighted by Crippen LogP contribution is 2.54. The molecule has 3 aliphatic heterocycles. The molecule has 57 heavy (non-hydrogen) atoms. The van der Waals surface area contributed by atoms with E-state index in [9.17, 15) is 22.4 Å². The maximum atomic E-state index is 14.1. The van der Waals surface area contributed by atoms with Crippen molar-refractivity contribution in [1.82, 2.24) is 30.0 Å². The van der Waals surface area contributed by atoms with Gasteiger partial charge in [-0.2, -0.15) is 28.2 Å². The molecule has 0 bridgehead atoms. The number of nitrogens with zero attached hydrogens (tertiary/aromatic N) is 6. The highest BCUT2D eigenvalue weighted by atomic mass is 19.4. The molecule has 9 rings (SSSR count). The minimum absolute atomic E-state index is 0.0679. The Kier molecular flexibility index (Phi) is 9.61. The first-order valence-corrected chi connectivity index (χ1v) is 20.1. The van der Waals surface area contributed by atoms with Crippen LogP contribution < -0.4 is 14.4 Å². The summed E-state index contributed by atoms with van der Waals surface area (Å²) in [4.78, 5) is 28.4. The van der Waals surface area contributed by atoms with E-state index in [1.54, 1.807) is 13.3 Å². The van der Waals surface area contributed by atoms with Gasteiger partial charge < -0.3 is 24.0 Å². The number of ether oxygens (including phenoxy) is 3. The van der Waals surface area contributed by atoms with Gasteiger partial charge in [0.25, 0.3) is 5.91 Å². The molecule has 4 aromatic rings. The summed E-state index contributed by atoms with van der Waals surface area (Å²) in [5.74, 6) is -0.836. The maximum absolute atomic E-state index is 14.1. The van der Waals surface area contributed by atoms with Crippen LogP contribution in [0.25, 0.3) is 32.9 Å². The predicted molar refractivity (Wildman–Crippen MR) is 207 cm³/mol. The number of hydrogen-bond acceptors (Lipinski definition) is 9. The van der Waals surface area contributed by atoms with Crippen LogP contribution in [0, 0.1) is 17.8 Å². The Morgan fingerprint density at radius 2 is 1.70 bits per heavy atom. The van der Waals surface area contributed by atoms with Gasteiger partial charge >= 0.3 is 12.2 Å². The number of aromatic amines is 1. The molecule has 0 unspecified atom stereocenters. The lowest BCUT2D eigenvalue weighted by Gasteiger charge is -2.54. The fraction of sp³-hybridized carbons (Fsp3) is 0.571. The number of carbonyl (C=O) groups is 1. The zero-order valence-corrected chi connectivity index (χ0v) is 32.5. The van der Waals surface area contributed by atoms with Crippen molar-refractivity contribution in [3.8, 4) is 22.9 Å². The minimum atomic E-state index is -4.60. The summed E-state index contributed by atoms with van der Waals surface area (Å²) >= 11 is 0. The molecular weight excluding hydrogens is 742 g/mol. The lowest BCUT2D eigenvalue weighted by Crippen LogP contribution is -2.62. The largest absolute Gasteiger partial charge is 0.481 e. The molecule has 304 valence electrons. The van der Waals surface area contributed by atoms with Crippen LogP contribution in [0.1, 0.15) is 68.4 Å². The minimum Gasteiger partial charge on any atom is -0.481 e. The predicted octanol–water partition coefficient (Wildman–Crippen LogP) is 7.48. The number of aryl methyl sites for hydroxylation is 1. The number of fused-ring (bicyclic) bond motifs is 2. The van der Waals surface area contributed by atoms with Crippen LogP contribution in [0.3, 0.4) is 0 Å². The number of anilines is 1. The fourth-order valence-corrected chi connectivity index (χ4v) is 9.90. The number of alkyl halides is 3. The Hall–Kier alpha value is -4.50. The third-order valence-electron chi connectivity index (χ3n) is 13.1. The molecule has 1 N–H and O–H groups in total. The molecule has 2 aromatic heterocycles. The van der Waals surface area contributed by atoms with Crippen LogP contribution in [0.15, 0.2) is 36.8 Å². The standard InChI is InChI=1S/C42H49F4N7O4/c1-25-4-7-32-31(19-47-50-32)33(25)34-29(27-5-6-27)18-30-35(36(34)56-24-42(44,45)46)48-39(57-28-8-10-40(11-9-28)20-51(21-40)16-17-55-3)49-37(30)52-14-12-41(13-15-52)22-53(23-41)38(54)26(2)43/h4,7,18-19,27-28H,2,5-6,8-17,20-24H2,1,3H3,(H,47,50). The number of aromatic nitrogens is 4. The molecule has 11 nitrogen and oxygen atoms in total. The Morgan fingerprint density at radius 3 is 2.37 bits per heavy atom. The van der Waals surface area contributed by atoms with Crippen molar-refractivity contribution in [1.29, 1.82) is 0 Å². The van der Waals surface area contributed by atoms with Gasteiger partial charge in [0, 0.05) is 74.7 Å². The van der Waals surface area contributed by atoms with Gasteiger partial charge in [0.15, 0.2) is 18.2 Å². The van der Waals surface area contributed by atoms with Crippen LogP contribution in [0.5, 0.6) is 11.8 Å². The number of rotatable bonds is 11. The van der Waals surface area contributed by atoms with Crippen molar-refractivity contribution in [3.05, 3.63) is 47.9 Å². The second kappa shape index (κ2) is 14.4. The zero-order valence-electron chi connectivity index (χ0n) is 32.5. The highest BCUT2D eigenvalue weighted by molar-refractivity contribution is 6.06. The van der Waals surface area contributed by atoms with Gasteiger partial charge in [0.05, 0.1) is 18.3 Å². The van der Waals surface area contributed by atoms with Gasteiger partial charge in [-0.3, -0.25) is 14.8 Å². The lowest BCUT2D eigenvalue weighted by atomic mass is 9.68. The van der Waals surface area contributed by atoms with E-state index in [0.29, 0.717) is 49.6 Å². The van der Waals surface area contributed by atoms with Crippen LogP contribution in [0.4, 0.5) is 23.4 Å². The molecule has 0 atom stereocenters. The van der Waals surface area contributed by atoms with Gasteiger partial charge in [-0.05, 0) is 98.4 Å². The van der Waals surface area contributed by atoms with Gasteiger partial charge in [-0.1, -0.05) is 12.6 Å². The third kappa shape index (κ3) is 7.30. The summed E-state index contributed by atoms with van der Waals surface area (Å²) in [5.41, 5.74) is 4.32. The van der Waals surface area contributed by atoms with Crippen molar-refractivity contribution in [3.63, 3.8) is 0 Å². The molecule has 0 radical (unpaired) electrons. The summed E-state index contributed by atoms with van der Waals surface area (Å²) in [7, 11) is 1.72. The number of amides is 1. The van der Waals surface area contributed by atoms with Crippen LogP contribution in [-0.2, 0) is 9.53 Å². The monoisotopic (exact) mass is 791 g/mol. The first-order valence-electron chi connectivity index (χ1n) is 20.1. The first-order chi connectivity index (χ1) is 27.3. The summed E-state index contributed by atoms with van der Waals surface area (Å²) in [5, 5.41) is 8.71. The average molecular weight is 792 g/mol. The molecular formula is C42H49F4N7O4. The number of carbonyl (C=O) groups excluding carboxylic acids is 1. The van der Waals surface area contributed by atoms with E-state index in [2.05, 4.69) is 32.6 Å². The number of hydrogen-bond donors (Lipinski definition) is 1. The number of nitrogens with one attached hydrogen (secondary N) is 1. The quantitative estimate of drug-likeness (QED) is 0.122. The molecule has 2 aliphatic carbocycles. The summed E-state index contributed by atoms with van der Waals surface area (Å²) in [6.45, 7) is 9.44. The van der Waals surface area contributed by atoms with E-state index in [-0.39, 0.29) is 40.1 Å². The number of likely N-dealkylation sites (tertiary alicyclic amines) is 2. The van der Waals surface area contributed by atoms with E-state index < -0.39 is 24.5 Å².